The number of non-ortho nitro benzene ring substituents is 1. The smallest absolute Gasteiger partial charge is 0.290 e. The van der Waals surface area contributed by atoms with Crippen molar-refractivity contribution >= 4 is 28.7 Å². The minimum Gasteiger partial charge on any atom is -0.503 e. The van der Waals surface area contributed by atoms with Crippen LogP contribution in [-0.4, -0.2) is 58.7 Å². The number of thiophene rings is 1. The van der Waals surface area contributed by atoms with Crippen molar-refractivity contribution in [3.8, 4) is 0 Å². The average Bonchev–Trinajstić information content (AvgIpc) is 3.30. The Labute approximate surface area is 171 Å². The monoisotopic (exact) mass is 415 g/mol. The van der Waals surface area contributed by atoms with E-state index in [1.807, 2.05) is 19.0 Å². The SMILES string of the molecule is CN(C)CCCN1C(=O)C(O)=C(C(=O)c2cccs2)[C@@H]1c1ccc([N+](=O)[O-])cc1. The Morgan fingerprint density at radius 3 is 2.52 bits per heavy atom. The molecule has 1 aliphatic heterocycles. The molecule has 8 nitrogen and oxygen atoms in total. The van der Waals surface area contributed by atoms with Gasteiger partial charge in [0, 0.05) is 18.7 Å². The lowest BCUT2D eigenvalue weighted by molar-refractivity contribution is -0.384. The zero-order chi connectivity index (χ0) is 21.1. The quantitative estimate of drug-likeness (QED) is 0.403. The highest BCUT2D eigenvalue weighted by atomic mass is 32.1. The number of hydrogen-bond donors (Lipinski definition) is 1. The van der Waals surface area contributed by atoms with Crippen molar-refractivity contribution in [2.24, 2.45) is 0 Å². The van der Waals surface area contributed by atoms with Gasteiger partial charge in [-0.05, 0) is 56.2 Å². The van der Waals surface area contributed by atoms with Gasteiger partial charge in [0.1, 0.15) is 0 Å². The zero-order valence-electron chi connectivity index (χ0n) is 16.1. The number of ketones is 1. The lowest BCUT2D eigenvalue weighted by atomic mass is 9.95. The number of nitro benzene ring substituents is 1. The summed E-state index contributed by atoms with van der Waals surface area (Å²) in [6.45, 7) is 1.07. The third-order valence-electron chi connectivity index (χ3n) is 4.72. The van der Waals surface area contributed by atoms with E-state index in [1.165, 1.54) is 40.5 Å². The number of nitro groups is 1. The molecule has 0 bridgehead atoms. The largest absolute Gasteiger partial charge is 0.503 e. The van der Waals surface area contributed by atoms with Crippen molar-refractivity contribution in [3.63, 3.8) is 0 Å². The average molecular weight is 415 g/mol. The standard InChI is InChI=1S/C20H21N3O5S/c1-21(2)10-4-11-22-17(13-6-8-14(9-7-13)23(27)28)16(19(25)20(22)26)18(24)15-5-3-12-29-15/h3,5-9,12,17,25H,4,10-11H2,1-2H3/t17-/m0/s1. The summed E-state index contributed by atoms with van der Waals surface area (Å²) >= 11 is 1.23. The van der Waals surface area contributed by atoms with E-state index in [4.69, 9.17) is 0 Å². The third-order valence-corrected chi connectivity index (χ3v) is 5.59. The Kier molecular flexibility index (Phi) is 6.09. The van der Waals surface area contributed by atoms with Crippen molar-refractivity contribution < 1.29 is 19.6 Å². The van der Waals surface area contributed by atoms with E-state index in [1.54, 1.807) is 17.5 Å². The van der Waals surface area contributed by atoms with Crippen LogP contribution in [0.4, 0.5) is 5.69 Å². The van der Waals surface area contributed by atoms with Crippen molar-refractivity contribution in [2.45, 2.75) is 12.5 Å². The number of Topliss-reactive ketones (excluding diaryl/α,β-unsaturated/α-hetero) is 1. The van der Waals surface area contributed by atoms with Gasteiger partial charge in [-0.1, -0.05) is 6.07 Å². The molecule has 2 aromatic rings. The molecule has 152 valence electrons. The zero-order valence-corrected chi connectivity index (χ0v) is 16.9. The summed E-state index contributed by atoms with van der Waals surface area (Å²) in [5, 5.41) is 23.3. The van der Waals surface area contributed by atoms with Crippen LogP contribution in [0.2, 0.25) is 0 Å². The Hall–Kier alpha value is -3.04. The summed E-state index contributed by atoms with van der Waals surface area (Å²) in [7, 11) is 3.84. The number of hydrogen-bond acceptors (Lipinski definition) is 7. The number of aliphatic hydroxyl groups excluding tert-OH is 1. The fourth-order valence-corrected chi connectivity index (χ4v) is 4.02. The van der Waals surface area contributed by atoms with E-state index >= 15 is 0 Å². The highest BCUT2D eigenvalue weighted by Gasteiger charge is 2.43. The maximum atomic E-state index is 13.0. The van der Waals surface area contributed by atoms with Gasteiger partial charge in [0.2, 0.25) is 5.78 Å². The van der Waals surface area contributed by atoms with Gasteiger partial charge in [0.05, 0.1) is 21.4 Å². The van der Waals surface area contributed by atoms with Gasteiger partial charge in [0.15, 0.2) is 5.76 Å². The first-order valence-electron chi connectivity index (χ1n) is 9.02. The van der Waals surface area contributed by atoms with Crippen LogP contribution < -0.4 is 0 Å². The van der Waals surface area contributed by atoms with Gasteiger partial charge < -0.3 is 14.9 Å². The van der Waals surface area contributed by atoms with Crippen LogP contribution in [0.15, 0.2) is 53.1 Å². The minimum absolute atomic E-state index is 0.0103. The molecule has 1 aromatic heterocycles. The van der Waals surface area contributed by atoms with Gasteiger partial charge in [0.25, 0.3) is 11.6 Å². The van der Waals surface area contributed by atoms with E-state index < -0.39 is 28.4 Å². The van der Waals surface area contributed by atoms with Crippen LogP contribution in [0.5, 0.6) is 0 Å². The Bertz CT molecular complexity index is 951. The minimum atomic E-state index is -0.792. The Balaban J connectivity index is 2.00. The lowest BCUT2D eigenvalue weighted by Gasteiger charge is -2.27. The topological polar surface area (TPSA) is 104 Å². The van der Waals surface area contributed by atoms with Crippen LogP contribution in [0, 0.1) is 10.1 Å². The van der Waals surface area contributed by atoms with Crippen LogP contribution in [0.25, 0.3) is 0 Å². The summed E-state index contributed by atoms with van der Waals surface area (Å²) in [6.07, 6.45) is 0.649. The van der Waals surface area contributed by atoms with Crippen molar-refractivity contribution in [1.29, 1.82) is 0 Å². The van der Waals surface area contributed by atoms with Crippen molar-refractivity contribution in [1.82, 2.24) is 9.80 Å². The highest BCUT2D eigenvalue weighted by Crippen LogP contribution is 2.39. The first kappa shape index (κ1) is 20.7. The Morgan fingerprint density at radius 1 is 1.28 bits per heavy atom. The van der Waals surface area contributed by atoms with Gasteiger partial charge in [-0.2, -0.15) is 0 Å². The molecule has 3 rings (SSSR count). The predicted molar refractivity (Wildman–Crippen MR) is 109 cm³/mol. The molecule has 9 heteroatoms. The van der Waals surface area contributed by atoms with E-state index in [0.29, 0.717) is 23.4 Å². The first-order valence-corrected chi connectivity index (χ1v) is 9.90. The molecule has 0 spiro atoms. The second-order valence-corrected chi connectivity index (χ2v) is 7.92. The molecule has 0 saturated carbocycles. The molecule has 1 amide bonds. The third kappa shape index (κ3) is 4.20. The van der Waals surface area contributed by atoms with E-state index in [-0.39, 0.29) is 11.3 Å². The highest BCUT2D eigenvalue weighted by molar-refractivity contribution is 7.12. The normalized spacial score (nSPS) is 16.7. The molecule has 1 N–H and O–H groups in total. The van der Waals surface area contributed by atoms with Crippen LogP contribution in [0.3, 0.4) is 0 Å². The summed E-state index contributed by atoms with van der Waals surface area (Å²) in [5.41, 5.74) is 0.463. The Morgan fingerprint density at radius 2 is 1.97 bits per heavy atom. The molecule has 0 radical (unpaired) electrons. The van der Waals surface area contributed by atoms with Gasteiger partial charge in [-0.3, -0.25) is 19.7 Å². The van der Waals surface area contributed by atoms with Crippen LogP contribution in [-0.2, 0) is 4.79 Å². The number of carbonyl (C=O) groups is 2. The first-order chi connectivity index (χ1) is 13.8. The number of rotatable bonds is 8. The molecule has 0 unspecified atom stereocenters. The molecule has 1 aromatic carbocycles. The summed E-state index contributed by atoms with van der Waals surface area (Å²) in [4.78, 5) is 40.1. The molecule has 0 fully saturated rings. The second-order valence-electron chi connectivity index (χ2n) is 6.98. The molecular formula is C20H21N3O5S. The van der Waals surface area contributed by atoms with Crippen molar-refractivity contribution in [3.05, 3.63) is 73.7 Å². The van der Waals surface area contributed by atoms with E-state index in [0.717, 1.165) is 6.54 Å². The lowest BCUT2D eigenvalue weighted by Crippen LogP contribution is -2.33. The van der Waals surface area contributed by atoms with Crippen molar-refractivity contribution in [2.75, 3.05) is 27.2 Å². The maximum absolute atomic E-state index is 13.0. The molecular weight excluding hydrogens is 394 g/mol. The number of benzene rings is 1. The van der Waals surface area contributed by atoms with Crippen LogP contribution >= 0.6 is 11.3 Å². The fraction of sp³-hybridized carbons (Fsp3) is 0.300. The number of carbonyl (C=O) groups excluding carboxylic acids is 2. The van der Waals surface area contributed by atoms with E-state index in [2.05, 4.69) is 0 Å². The van der Waals surface area contributed by atoms with Gasteiger partial charge in [-0.25, -0.2) is 0 Å². The fourth-order valence-electron chi connectivity index (χ4n) is 3.34. The molecule has 29 heavy (non-hydrogen) atoms. The predicted octanol–water partition coefficient (Wildman–Crippen LogP) is 3.19. The second kappa shape index (κ2) is 8.54. The molecule has 1 aliphatic rings. The van der Waals surface area contributed by atoms with Gasteiger partial charge in [-0.15, -0.1) is 11.3 Å². The number of nitrogens with zero attached hydrogens (tertiary/aromatic N) is 3. The molecule has 2 heterocycles. The summed E-state index contributed by atoms with van der Waals surface area (Å²) in [5.74, 6) is -1.58. The summed E-state index contributed by atoms with van der Waals surface area (Å²) < 4.78 is 0. The van der Waals surface area contributed by atoms with Gasteiger partial charge >= 0.3 is 0 Å². The number of aliphatic hydroxyl groups is 1. The summed E-state index contributed by atoms with van der Waals surface area (Å²) in [6, 6.07) is 8.28. The van der Waals surface area contributed by atoms with E-state index in [9.17, 15) is 24.8 Å². The number of amides is 1. The maximum Gasteiger partial charge on any atom is 0.290 e. The molecule has 0 aliphatic carbocycles. The van der Waals surface area contributed by atoms with Crippen LogP contribution in [0.1, 0.15) is 27.7 Å². The molecule has 0 saturated heterocycles. The molecule has 1 atom stereocenters.